The van der Waals surface area contributed by atoms with E-state index in [1.165, 1.54) is 44.1 Å². The lowest BCUT2D eigenvalue weighted by Crippen LogP contribution is -2.31. The molecule has 1 rings (SSSR count). The quantitative estimate of drug-likeness (QED) is 0.541. The number of rotatable bonds is 12. The number of hydrogen-bond donors (Lipinski definition) is 1. The Morgan fingerprint density at radius 1 is 0.952 bits per heavy atom. The molecule has 0 radical (unpaired) electrons. The highest BCUT2D eigenvalue weighted by atomic mass is 16.5. The van der Waals surface area contributed by atoms with Gasteiger partial charge in [0.1, 0.15) is 0 Å². The molecule has 21 heavy (non-hydrogen) atoms. The van der Waals surface area contributed by atoms with Gasteiger partial charge in [0, 0.05) is 6.61 Å². The summed E-state index contributed by atoms with van der Waals surface area (Å²) in [5.41, 5.74) is 1.31. The smallest absolute Gasteiger partial charge is 0.0767 e. The summed E-state index contributed by atoms with van der Waals surface area (Å²) >= 11 is 0. The molecule has 1 aromatic carbocycles. The molecule has 2 atom stereocenters. The van der Waals surface area contributed by atoms with Crippen LogP contribution in [0.4, 0.5) is 0 Å². The Kier molecular flexibility index (Phi) is 10.2. The second-order valence-corrected chi connectivity index (χ2v) is 5.76. The van der Waals surface area contributed by atoms with Crippen LogP contribution < -0.4 is 5.32 Å². The monoisotopic (exact) mass is 291 g/mol. The fourth-order valence-corrected chi connectivity index (χ4v) is 2.79. The Morgan fingerprint density at radius 2 is 1.62 bits per heavy atom. The molecule has 0 saturated carbocycles. The van der Waals surface area contributed by atoms with Crippen LogP contribution >= 0.6 is 0 Å². The molecule has 1 N–H and O–H groups in total. The van der Waals surface area contributed by atoms with Gasteiger partial charge in [0.25, 0.3) is 0 Å². The van der Waals surface area contributed by atoms with Crippen molar-refractivity contribution in [2.24, 2.45) is 0 Å². The highest BCUT2D eigenvalue weighted by molar-refractivity contribution is 5.20. The van der Waals surface area contributed by atoms with Gasteiger partial charge < -0.3 is 10.1 Å². The molecule has 0 aliphatic carbocycles. The van der Waals surface area contributed by atoms with Gasteiger partial charge in [-0.2, -0.15) is 0 Å². The van der Waals surface area contributed by atoms with Crippen LogP contribution in [0.5, 0.6) is 0 Å². The van der Waals surface area contributed by atoms with E-state index in [0.717, 1.165) is 13.0 Å². The minimum Gasteiger partial charge on any atom is -0.376 e. The third kappa shape index (κ3) is 7.10. The van der Waals surface area contributed by atoms with Crippen LogP contribution in [0.3, 0.4) is 0 Å². The number of hydrogen-bond acceptors (Lipinski definition) is 2. The van der Waals surface area contributed by atoms with E-state index in [1.54, 1.807) is 0 Å². The minimum atomic E-state index is 0.257. The Bertz CT molecular complexity index is 339. The molecule has 0 aliphatic rings. The number of unbranched alkanes of at least 4 members (excludes halogenated alkanes) is 5. The molecule has 1 aromatic rings. The Hall–Kier alpha value is -0.860. The van der Waals surface area contributed by atoms with Crippen LogP contribution in [0.15, 0.2) is 30.3 Å². The van der Waals surface area contributed by atoms with Crippen LogP contribution in [0.2, 0.25) is 0 Å². The van der Waals surface area contributed by atoms with Gasteiger partial charge in [-0.15, -0.1) is 0 Å². The summed E-state index contributed by atoms with van der Waals surface area (Å²) in [7, 11) is 2.02. The summed E-state index contributed by atoms with van der Waals surface area (Å²) in [5, 5.41) is 3.41. The van der Waals surface area contributed by atoms with Gasteiger partial charge >= 0.3 is 0 Å². The number of benzene rings is 1. The first kappa shape index (κ1) is 18.2. The minimum absolute atomic E-state index is 0.257. The Labute approximate surface area is 131 Å². The molecule has 0 saturated heterocycles. The van der Waals surface area contributed by atoms with Crippen molar-refractivity contribution in [1.82, 2.24) is 5.32 Å². The molecule has 120 valence electrons. The van der Waals surface area contributed by atoms with E-state index in [1.807, 2.05) is 7.05 Å². The highest BCUT2D eigenvalue weighted by Gasteiger charge is 2.20. The lowest BCUT2D eigenvalue weighted by molar-refractivity contribution is 0.0229. The average Bonchev–Trinajstić information content (AvgIpc) is 2.54. The van der Waals surface area contributed by atoms with Crippen LogP contribution in [0, 0.1) is 0 Å². The Balaban J connectivity index is 2.32. The van der Waals surface area contributed by atoms with E-state index < -0.39 is 0 Å². The van der Waals surface area contributed by atoms with Gasteiger partial charge in [-0.25, -0.2) is 0 Å². The zero-order valence-electron chi connectivity index (χ0n) is 14.1. The summed E-state index contributed by atoms with van der Waals surface area (Å²) in [5.74, 6) is 0. The molecule has 0 spiro atoms. The van der Waals surface area contributed by atoms with Crippen molar-refractivity contribution in [2.75, 3.05) is 13.7 Å². The standard InChI is InChI=1S/C19H33NO/c1-4-6-7-8-9-13-16-21-18(5-2)19(20-3)17-14-11-10-12-15-17/h10-12,14-15,18-20H,4-9,13,16H2,1-3H3. The zero-order chi connectivity index (χ0) is 15.3. The molecule has 0 bridgehead atoms. The predicted molar refractivity (Wildman–Crippen MR) is 91.6 cm³/mol. The van der Waals surface area contributed by atoms with Gasteiger partial charge in [0.2, 0.25) is 0 Å². The molecule has 2 nitrogen and oxygen atoms in total. The fourth-order valence-electron chi connectivity index (χ4n) is 2.79. The number of nitrogens with one attached hydrogen (secondary N) is 1. The molecule has 0 amide bonds. The van der Waals surface area contributed by atoms with Gasteiger partial charge in [0.05, 0.1) is 12.1 Å². The molecule has 0 aliphatic heterocycles. The SMILES string of the molecule is CCCCCCCCOC(CC)C(NC)c1ccccc1. The first-order valence-corrected chi connectivity index (χ1v) is 8.67. The van der Waals surface area contributed by atoms with E-state index in [-0.39, 0.29) is 12.1 Å². The highest BCUT2D eigenvalue weighted by Crippen LogP contribution is 2.21. The van der Waals surface area contributed by atoms with E-state index in [0.29, 0.717) is 0 Å². The van der Waals surface area contributed by atoms with Crippen molar-refractivity contribution in [3.05, 3.63) is 35.9 Å². The van der Waals surface area contributed by atoms with Gasteiger partial charge in [-0.05, 0) is 25.5 Å². The van der Waals surface area contributed by atoms with E-state index in [2.05, 4.69) is 49.5 Å². The van der Waals surface area contributed by atoms with Crippen molar-refractivity contribution in [1.29, 1.82) is 0 Å². The van der Waals surface area contributed by atoms with E-state index in [9.17, 15) is 0 Å². The van der Waals surface area contributed by atoms with Gasteiger partial charge in [0.15, 0.2) is 0 Å². The van der Waals surface area contributed by atoms with Crippen molar-refractivity contribution in [3.8, 4) is 0 Å². The summed E-state index contributed by atoms with van der Waals surface area (Å²) in [4.78, 5) is 0. The molecular formula is C19H33NO. The van der Waals surface area contributed by atoms with Crippen molar-refractivity contribution < 1.29 is 4.74 Å². The van der Waals surface area contributed by atoms with Gasteiger partial charge in [-0.3, -0.25) is 0 Å². The summed E-state index contributed by atoms with van der Waals surface area (Å²) < 4.78 is 6.14. The van der Waals surface area contributed by atoms with Crippen molar-refractivity contribution >= 4 is 0 Å². The van der Waals surface area contributed by atoms with Crippen LogP contribution in [-0.4, -0.2) is 19.8 Å². The Morgan fingerprint density at radius 3 is 2.24 bits per heavy atom. The van der Waals surface area contributed by atoms with Crippen LogP contribution in [0.1, 0.15) is 70.4 Å². The molecule has 2 heteroatoms. The third-order valence-corrected chi connectivity index (χ3v) is 4.07. The maximum Gasteiger partial charge on any atom is 0.0767 e. The summed E-state index contributed by atoms with van der Waals surface area (Å²) in [6.45, 7) is 5.35. The fraction of sp³-hybridized carbons (Fsp3) is 0.684. The second-order valence-electron chi connectivity index (χ2n) is 5.76. The third-order valence-electron chi connectivity index (χ3n) is 4.07. The van der Waals surface area contributed by atoms with Crippen LogP contribution in [-0.2, 0) is 4.74 Å². The molecular weight excluding hydrogens is 258 g/mol. The molecule has 0 heterocycles. The normalized spacial score (nSPS) is 14.0. The summed E-state index contributed by atoms with van der Waals surface area (Å²) in [6, 6.07) is 10.9. The lowest BCUT2D eigenvalue weighted by atomic mass is 10.00. The maximum atomic E-state index is 6.14. The predicted octanol–water partition coefficient (Wildman–Crippen LogP) is 5.10. The van der Waals surface area contributed by atoms with E-state index in [4.69, 9.17) is 4.74 Å². The molecule has 2 unspecified atom stereocenters. The van der Waals surface area contributed by atoms with Crippen LogP contribution in [0.25, 0.3) is 0 Å². The largest absolute Gasteiger partial charge is 0.376 e. The average molecular weight is 291 g/mol. The van der Waals surface area contributed by atoms with E-state index >= 15 is 0 Å². The van der Waals surface area contributed by atoms with Crippen molar-refractivity contribution in [3.63, 3.8) is 0 Å². The first-order chi connectivity index (χ1) is 10.3. The van der Waals surface area contributed by atoms with Gasteiger partial charge in [-0.1, -0.05) is 76.3 Å². The topological polar surface area (TPSA) is 21.3 Å². The number of ether oxygens (including phenoxy) is 1. The first-order valence-electron chi connectivity index (χ1n) is 8.67. The zero-order valence-corrected chi connectivity index (χ0v) is 14.1. The molecule has 0 aromatic heterocycles. The molecule has 0 fully saturated rings. The lowest BCUT2D eigenvalue weighted by Gasteiger charge is -2.26. The maximum absolute atomic E-state index is 6.14. The number of likely N-dealkylation sites (N-methyl/N-ethyl adjacent to an activating group) is 1. The van der Waals surface area contributed by atoms with Crippen molar-refractivity contribution in [2.45, 2.75) is 70.9 Å². The second kappa shape index (κ2) is 11.8. The summed E-state index contributed by atoms with van der Waals surface area (Å²) in [6.07, 6.45) is 9.18.